The molecule has 0 saturated heterocycles. The van der Waals surface area contributed by atoms with Crippen LogP contribution in [0.1, 0.15) is 34.7 Å². The van der Waals surface area contributed by atoms with Crippen LogP contribution in [-0.2, 0) is 0 Å². The highest BCUT2D eigenvalue weighted by molar-refractivity contribution is 5.99. The number of carbonyl (C=O) groups is 1. The number of hydrogen-bond acceptors (Lipinski definition) is 3. The number of aliphatic hydroxyl groups is 1. The van der Waals surface area contributed by atoms with Crippen molar-refractivity contribution in [3.05, 3.63) is 71.0 Å². The lowest BCUT2D eigenvalue weighted by Crippen LogP contribution is -2.37. The van der Waals surface area contributed by atoms with Gasteiger partial charge in [-0.15, -0.1) is 0 Å². The number of para-hydroxylation sites is 1. The molecule has 25 heavy (non-hydrogen) atoms. The molecule has 130 valence electrons. The minimum absolute atomic E-state index is 0.158. The van der Waals surface area contributed by atoms with Gasteiger partial charge in [-0.3, -0.25) is 4.79 Å². The Kier molecular flexibility index (Phi) is 4.55. The molecule has 2 aromatic carbocycles. The molecule has 0 aliphatic rings. The number of fused-ring (bicyclic) bond motifs is 1. The number of rotatable bonds is 4. The first-order chi connectivity index (χ1) is 11.9. The zero-order chi connectivity index (χ0) is 18.1. The number of carbonyl (C=O) groups excluding carboxylic acids is 1. The van der Waals surface area contributed by atoms with E-state index in [2.05, 4.69) is 5.32 Å². The van der Waals surface area contributed by atoms with Gasteiger partial charge in [0.15, 0.2) is 17.4 Å². The normalized spacial score (nSPS) is 13.6. The molecule has 3 rings (SSSR count). The first kappa shape index (κ1) is 17.1. The van der Waals surface area contributed by atoms with Gasteiger partial charge in [0.1, 0.15) is 5.58 Å². The predicted octanol–water partition coefficient (Wildman–Crippen LogP) is 3.87. The molecule has 2 N–H and O–H groups in total. The van der Waals surface area contributed by atoms with Gasteiger partial charge in [0, 0.05) is 10.9 Å². The van der Waals surface area contributed by atoms with Crippen LogP contribution in [0, 0.1) is 18.6 Å². The molecule has 0 aliphatic heterocycles. The van der Waals surface area contributed by atoms with Crippen LogP contribution in [0.3, 0.4) is 0 Å². The van der Waals surface area contributed by atoms with Crippen LogP contribution in [0.25, 0.3) is 11.0 Å². The third-order valence-corrected chi connectivity index (χ3v) is 4.17. The molecule has 2 atom stereocenters. The predicted molar refractivity (Wildman–Crippen MR) is 89.2 cm³/mol. The summed E-state index contributed by atoms with van der Waals surface area (Å²) in [4.78, 5) is 12.5. The summed E-state index contributed by atoms with van der Waals surface area (Å²) in [6, 6.07) is 9.66. The number of halogens is 2. The van der Waals surface area contributed by atoms with Crippen LogP contribution in [0.2, 0.25) is 0 Å². The van der Waals surface area contributed by atoms with Crippen LogP contribution >= 0.6 is 0 Å². The second-order valence-electron chi connectivity index (χ2n) is 5.93. The molecule has 4 nitrogen and oxygen atoms in total. The van der Waals surface area contributed by atoms with Crippen LogP contribution in [-0.4, -0.2) is 17.1 Å². The summed E-state index contributed by atoms with van der Waals surface area (Å²) >= 11 is 0. The van der Waals surface area contributed by atoms with Crippen molar-refractivity contribution in [2.45, 2.75) is 26.0 Å². The largest absolute Gasteiger partial charge is 0.451 e. The maximum atomic E-state index is 13.3. The van der Waals surface area contributed by atoms with E-state index in [1.807, 2.05) is 18.2 Å². The van der Waals surface area contributed by atoms with Crippen LogP contribution in [0.5, 0.6) is 0 Å². The maximum absolute atomic E-state index is 13.3. The summed E-state index contributed by atoms with van der Waals surface area (Å²) < 4.78 is 31.9. The Morgan fingerprint density at radius 2 is 1.88 bits per heavy atom. The zero-order valence-electron chi connectivity index (χ0n) is 13.7. The van der Waals surface area contributed by atoms with Gasteiger partial charge in [-0.25, -0.2) is 8.78 Å². The van der Waals surface area contributed by atoms with Crippen molar-refractivity contribution in [3.8, 4) is 0 Å². The summed E-state index contributed by atoms with van der Waals surface area (Å²) in [5, 5.41) is 13.7. The van der Waals surface area contributed by atoms with Crippen molar-refractivity contribution in [1.82, 2.24) is 5.32 Å². The molecule has 1 aromatic heterocycles. The molecule has 1 amide bonds. The van der Waals surface area contributed by atoms with Crippen LogP contribution in [0.15, 0.2) is 46.9 Å². The fourth-order valence-electron chi connectivity index (χ4n) is 2.73. The molecule has 6 heteroatoms. The number of nitrogens with one attached hydrogen (secondary N) is 1. The van der Waals surface area contributed by atoms with E-state index in [0.29, 0.717) is 11.1 Å². The zero-order valence-corrected chi connectivity index (χ0v) is 13.7. The van der Waals surface area contributed by atoms with E-state index >= 15 is 0 Å². The molecule has 2 unspecified atom stereocenters. The van der Waals surface area contributed by atoms with Gasteiger partial charge in [-0.2, -0.15) is 0 Å². The molecule has 3 aromatic rings. The molecule has 0 bridgehead atoms. The van der Waals surface area contributed by atoms with Gasteiger partial charge in [-0.05, 0) is 37.6 Å². The highest BCUT2D eigenvalue weighted by Gasteiger charge is 2.23. The highest BCUT2D eigenvalue weighted by Crippen LogP contribution is 2.25. The lowest BCUT2D eigenvalue weighted by atomic mass is 10.0. The van der Waals surface area contributed by atoms with Crippen molar-refractivity contribution >= 4 is 16.9 Å². The Bertz CT molecular complexity index is 936. The topological polar surface area (TPSA) is 62.5 Å². The van der Waals surface area contributed by atoms with E-state index in [1.165, 1.54) is 6.07 Å². The van der Waals surface area contributed by atoms with E-state index in [1.54, 1.807) is 19.9 Å². The monoisotopic (exact) mass is 345 g/mol. The lowest BCUT2D eigenvalue weighted by Gasteiger charge is -2.20. The van der Waals surface area contributed by atoms with E-state index in [4.69, 9.17) is 4.42 Å². The number of aliphatic hydroxyl groups excluding tert-OH is 1. The Hall–Kier alpha value is -2.73. The Morgan fingerprint density at radius 3 is 2.56 bits per heavy atom. The third-order valence-electron chi connectivity index (χ3n) is 4.17. The van der Waals surface area contributed by atoms with Gasteiger partial charge in [-0.1, -0.05) is 24.3 Å². The lowest BCUT2D eigenvalue weighted by molar-refractivity contribution is 0.0826. The summed E-state index contributed by atoms with van der Waals surface area (Å²) in [5.74, 6) is -2.37. The number of hydrogen-bond donors (Lipinski definition) is 2. The quantitative estimate of drug-likeness (QED) is 0.754. The van der Waals surface area contributed by atoms with Gasteiger partial charge in [0.25, 0.3) is 5.91 Å². The summed E-state index contributed by atoms with van der Waals surface area (Å²) in [7, 11) is 0. The van der Waals surface area contributed by atoms with Crippen molar-refractivity contribution < 1.29 is 23.1 Å². The van der Waals surface area contributed by atoms with Crippen LogP contribution < -0.4 is 5.32 Å². The minimum Gasteiger partial charge on any atom is -0.451 e. The fraction of sp³-hybridized carbons (Fsp3) is 0.211. The fourth-order valence-corrected chi connectivity index (χ4v) is 2.73. The van der Waals surface area contributed by atoms with Crippen LogP contribution in [0.4, 0.5) is 8.78 Å². The maximum Gasteiger partial charge on any atom is 0.287 e. The summed E-state index contributed by atoms with van der Waals surface area (Å²) in [6.07, 6.45) is -1.19. The number of amides is 1. The van der Waals surface area contributed by atoms with Crippen molar-refractivity contribution in [2.24, 2.45) is 0 Å². The molecule has 0 spiro atoms. The Balaban J connectivity index is 1.79. The summed E-state index contributed by atoms with van der Waals surface area (Å²) in [6.45, 7) is 3.35. The first-order valence-corrected chi connectivity index (χ1v) is 7.80. The van der Waals surface area contributed by atoms with E-state index in [0.717, 1.165) is 17.5 Å². The highest BCUT2D eigenvalue weighted by atomic mass is 19.2. The standard InChI is InChI=1S/C19H17F2NO3/c1-10-13-5-3-4-6-16(13)25-18(10)19(24)22-11(2)17(23)12-7-8-14(20)15(21)9-12/h3-9,11,17,23H,1-2H3,(H,22,24). The van der Waals surface area contributed by atoms with E-state index in [-0.39, 0.29) is 11.3 Å². The number of aryl methyl sites for hydroxylation is 1. The van der Waals surface area contributed by atoms with Crippen molar-refractivity contribution in [1.29, 1.82) is 0 Å². The van der Waals surface area contributed by atoms with Gasteiger partial charge in [0.05, 0.1) is 12.1 Å². The molecule has 0 fully saturated rings. The molecule has 0 radical (unpaired) electrons. The third kappa shape index (κ3) is 3.25. The molecule has 1 heterocycles. The Morgan fingerprint density at radius 1 is 1.16 bits per heavy atom. The minimum atomic E-state index is -1.19. The first-order valence-electron chi connectivity index (χ1n) is 7.80. The number of furan rings is 1. The number of benzene rings is 2. The molecule has 0 aliphatic carbocycles. The molecular formula is C19H17F2NO3. The van der Waals surface area contributed by atoms with Crippen molar-refractivity contribution in [2.75, 3.05) is 0 Å². The Labute approximate surface area is 143 Å². The SMILES string of the molecule is Cc1c(C(=O)NC(C)C(O)c2ccc(F)c(F)c2)oc2ccccc12. The second kappa shape index (κ2) is 6.64. The molecule has 0 saturated carbocycles. The smallest absolute Gasteiger partial charge is 0.287 e. The van der Waals surface area contributed by atoms with E-state index in [9.17, 15) is 18.7 Å². The van der Waals surface area contributed by atoms with Crippen molar-refractivity contribution in [3.63, 3.8) is 0 Å². The average molecular weight is 345 g/mol. The molecular weight excluding hydrogens is 328 g/mol. The summed E-state index contributed by atoms with van der Waals surface area (Å²) in [5.41, 5.74) is 1.47. The van der Waals surface area contributed by atoms with E-state index < -0.39 is 29.7 Å². The van der Waals surface area contributed by atoms with Gasteiger partial charge < -0.3 is 14.8 Å². The average Bonchev–Trinajstić information content (AvgIpc) is 2.94. The second-order valence-corrected chi connectivity index (χ2v) is 5.93. The van der Waals surface area contributed by atoms with Gasteiger partial charge in [0.2, 0.25) is 0 Å². The van der Waals surface area contributed by atoms with Gasteiger partial charge >= 0.3 is 0 Å².